The second-order valence-corrected chi connectivity index (χ2v) is 6.18. The fourth-order valence-corrected chi connectivity index (χ4v) is 3.04. The number of furan rings is 1. The van der Waals surface area contributed by atoms with Gasteiger partial charge in [0.25, 0.3) is 0 Å². The van der Waals surface area contributed by atoms with E-state index in [0.29, 0.717) is 36.3 Å². The molecule has 2 N–H and O–H groups in total. The van der Waals surface area contributed by atoms with E-state index in [4.69, 9.17) is 18.9 Å². The van der Waals surface area contributed by atoms with Gasteiger partial charge < -0.3 is 19.6 Å². The van der Waals surface area contributed by atoms with Gasteiger partial charge in [0.1, 0.15) is 5.82 Å². The van der Waals surface area contributed by atoms with Crippen LogP contribution in [-0.2, 0) is 25.7 Å². The van der Waals surface area contributed by atoms with Crippen molar-refractivity contribution in [1.29, 1.82) is 0 Å². The van der Waals surface area contributed by atoms with Gasteiger partial charge in [0, 0.05) is 37.9 Å². The van der Waals surface area contributed by atoms with Gasteiger partial charge in [0.05, 0.1) is 12.0 Å². The van der Waals surface area contributed by atoms with E-state index < -0.39 is 0 Å². The standard InChI is InChI=1S/C18H22N6O2/c1-2-16-22-15(24-26-16)7-10-20-17-12-5-8-19-9-6-13(12)21-18(23-17)14-4-3-11-25-14/h3-4,11,19H,2,5-10H2,1H3,(H,20,21,23). The third-order valence-corrected chi connectivity index (χ3v) is 4.38. The van der Waals surface area contributed by atoms with E-state index in [1.807, 2.05) is 19.1 Å². The first-order chi connectivity index (χ1) is 12.8. The molecule has 0 aliphatic carbocycles. The highest BCUT2D eigenvalue weighted by molar-refractivity contribution is 5.56. The summed E-state index contributed by atoms with van der Waals surface area (Å²) < 4.78 is 10.6. The molecule has 26 heavy (non-hydrogen) atoms. The summed E-state index contributed by atoms with van der Waals surface area (Å²) in [6.07, 6.45) is 4.85. The quantitative estimate of drug-likeness (QED) is 0.693. The average molecular weight is 354 g/mol. The number of aromatic nitrogens is 4. The Kier molecular flexibility index (Phi) is 4.92. The van der Waals surface area contributed by atoms with E-state index in [-0.39, 0.29) is 0 Å². The molecule has 0 atom stereocenters. The van der Waals surface area contributed by atoms with Crippen molar-refractivity contribution in [2.45, 2.75) is 32.6 Å². The largest absolute Gasteiger partial charge is 0.461 e. The molecule has 0 bridgehead atoms. The molecule has 0 saturated carbocycles. The first-order valence-corrected chi connectivity index (χ1v) is 9.03. The lowest BCUT2D eigenvalue weighted by atomic mass is 10.1. The van der Waals surface area contributed by atoms with Crippen LogP contribution in [0.1, 0.15) is 29.9 Å². The van der Waals surface area contributed by atoms with Crippen LogP contribution in [0.2, 0.25) is 0 Å². The fourth-order valence-electron chi connectivity index (χ4n) is 3.04. The van der Waals surface area contributed by atoms with E-state index in [2.05, 4.69) is 20.8 Å². The molecular formula is C18H22N6O2. The van der Waals surface area contributed by atoms with E-state index in [1.54, 1.807) is 6.26 Å². The lowest BCUT2D eigenvalue weighted by Crippen LogP contribution is -2.16. The molecule has 4 rings (SSSR count). The maximum absolute atomic E-state index is 5.48. The Morgan fingerprint density at radius 3 is 2.92 bits per heavy atom. The van der Waals surface area contributed by atoms with Gasteiger partial charge in [-0.05, 0) is 25.1 Å². The molecule has 0 radical (unpaired) electrons. The van der Waals surface area contributed by atoms with Crippen molar-refractivity contribution in [2.24, 2.45) is 0 Å². The Hall–Kier alpha value is -2.74. The van der Waals surface area contributed by atoms with Crippen LogP contribution in [0.4, 0.5) is 5.82 Å². The van der Waals surface area contributed by atoms with Crippen LogP contribution in [-0.4, -0.2) is 39.7 Å². The van der Waals surface area contributed by atoms with Gasteiger partial charge in [-0.1, -0.05) is 12.1 Å². The Morgan fingerprint density at radius 1 is 1.19 bits per heavy atom. The van der Waals surface area contributed by atoms with Crippen molar-refractivity contribution in [3.63, 3.8) is 0 Å². The molecule has 1 aliphatic rings. The van der Waals surface area contributed by atoms with Crippen molar-refractivity contribution in [3.8, 4) is 11.6 Å². The van der Waals surface area contributed by atoms with Crippen LogP contribution in [0.5, 0.6) is 0 Å². The molecule has 0 spiro atoms. The highest BCUT2D eigenvalue weighted by atomic mass is 16.5. The molecule has 3 aromatic heterocycles. The third-order valence-electron chi connectivity index (χ3n) is 4.38. The molecule has 8 nitrogen and oxygen atoms in total. The molecule has 136 valence electrons. The van der Waals surface area contributed by atoms with Gasteiger partial charge in [-0.15, -0.1) is 0 Å². The number of rotatable bonds is 6. The minimum absolute atomic E-state index is 0.617. The fraction of sp³-hybridized carbons (Fsp3) is 0.444. The number of nitrogens with one attached hydrogen (secondary N) is 2. The summed E-state index contributed by atoms with van der Waals surface area (Å²) in [6.45, 7) is 4.52. The zero-order valence-corrected chi connectivity index (χ0v) is 14.8. The normalized spacial score (nSPS) is 14.0. The molecule has 1 aliphatic heterocycles. The summed E-state index contributed by atoms with van der Waals surface area (Å²) in [6, 6.07) is 3.73. The molecule has 0 saturated heterocycles. The van der Waals surface area contributed by atoms with Crippen molar-refractivity contribution in [3.05, 3.63) is 41.4 Å². The smallest absolute Gasteiger partial charge is 0.226 e. The Labute approximate surface area is 151 Å². The van der Waals surface area contributed by atoms with Gasteiger partial charge in [-0.3, -0.25) is 0 Å². The zero-order valence-electron chi connectivity index (χ0n) is 14.8. The van der Waals surface area contributed by atoms with Crippen LogP contribution in [0.3, 0.4) is 0 Å². The van der Waals surface area contributed by atoms with Gasteiger partial charge >= 0.3 is 0 Å². The molecule has 0 unspecified atom stereocenters. The number of anilines is 1. The number of hydrogen-bond acceptors (Lipinski definition) is 8. The Bertz CT molecular complexity index is 859. The van der Waals surface area contributed by atoms with Gasteiger partial charge in [-0.2, -0.15) is 4.98 Å². The zero-order chi connectivity index (χ0) is 17.8. The first-order valence-electron chi connectivity index (χ1n) is 9.03. The number of nitrogens with zero attached hydrogens (tertiary/aromatic N) is 4. The van der Waals surface area contributed by atoms with Crippen molar-refractivity contribution in [2.75, 3.05) is 25.0 Å². The third kappa shape index (κ3) is 3.60. The number of hydrogen-bond donors (Lipinski definition) is 2. The lowest BCUT2D eigenvalue weighted by Gasteiger charge is -2.13. The SMILES string of the molecule is CCc1nc(CCNc2nc(-c3ccco3)nc3c2CCNCC3)no1. The van der Waals surface area contributed by atoms with Crippen LogP contribution < -0.4 is 10.6 Å². The minimum atomic E-state index is 0.617. The summed E-state index contributed by atoms with van der Waals surface area (Å²) in [5.74, 6) is 3.54. The second kappa shape index (κ2) is 7.65. The molecule has 4 heterocycles. The van der Waals surface area contributed by atoms with Crippen molar-refractivity contribution < 1.29 is 8.94 Å². The topological polar surface area (TPSA) is 102 Å². The monoisotopic (exact) mass is 354 g/mol. The van der Waals surface area contributed by atoms with E-state index >= 15 is 0 Å². The highest BCUT2D eigenvalue weighted by Gasteiger charge is 2.18. The van der Waals surface area contributed by atoms with Gasteiger partial charge in [0.15, 0.2) is 17.4 Å². The number of fused-ring (bicyclic) bond motifs is 1. The van der Waals surface area contributed by atoms with Crippen molar-refractivity contribution >= 4 is 5.82 Å². The molecule has 0 aromatic carbocycles. The molecule has 0 fully saturated rings. The van der Waals surface area contributed by atoms with E-state index in [1.165, 1.54) is 5.56 Å². The summed E-state index contributed by atoms with van der Waals surface area (Å²) in [5.41, 5.74) is 2.25. The Morgan fingerprint density at radius 2 is 2.12 bits per heavy atom. The maximum atomic E-state index is 5.48. The summed E-state index contributed by atoms with van der Waals surface area (Å²) in [5, 5.41) is 10.8. The predicted octanol–water partition coefficient (Wildman–Crippen LogP) is 2.02. The lowest BCUT2D eigenvalue weighted by molar-refractivity contribution is 0.377. The molecule has 0 amide bonds. The van der Waals surface area contributed by atoms with Gasteiger partial charge in [0.2, 0.25) is 5.89 Å². The molecule has 8 heteroatoms. The van der Waals surface area contributed by atoms with Crippen LogP contribution in [0, 0.1) is 0 Å². The highest BCUT2D eigenvalue weighted by Crippen LogP contribution is 2.24. The average Bonchev–Trinajstić information content (AvgIpc) is 3.29. The minimum Gasteiger partial charge on any atom is -0.461 e. The van der Waals surface area contributed by atoms with Crippen molar-refractivity contribution in [1.82, 2.24) is 25.4 Å². The predicted molar refractivity (Wildman–Crippen MR) is 95.9 cm³/mol. The summed E-state index contributed by atoms with van der Waals surface area (Å²) >= 11 is 0. The number of aryl methyl sites for hydroxylation is 1. The molecule has 3 aromatic rings. The summed E-state index contributed by atoms with van der Waals surface area (Å²) in [4.78, 5) is 13.8. The van der Waals surface area contributed by atoms with Crippen LogP contribution >= 0.6 is 0 Å². The Balaban J connectivity index is 1.55. The summed E-state index contributed by atoms with van der Waals surface area (Å²) in [7, 11) is 0. The first kappa shape index (κ1) is 16.7. The van der Waals surface area contributed by atoms with E-state index in [9.17, 15) is 0 Å². The van der Waals surface area contributed by atoms with Crippen LogP contribution in [0.15, 0.2) is 27.3 Å². The van der Waals surface area contributed by atoms with E-state index in [0.717, 1.165) is 43.9 Å². The van der Waals surface area contributed by atoms with Crippen LogP contribution in [0.25, 0.3) is 11.6 Å². The second-order valence-electron chi connectivity index (χ2n) is 6.18. The molecular weight excluding hydrogens is 332 g/mol. The van der Waals surface area contributed by atoms with Gasteiger partial charge in [-0.25, -0.2) is 9.97 Å². The maximum Gasteiger partial charge on any atom is 0.226 e.